The molecule has 0 bridgehead atoms. The predicted molar refractivity (Wildman–Crippen MR) is 141 cm³/mol. The first kappa shape index (κ1) is 26.1. The van der Waals surface area contributed by atoms with Crippen LogP contribution in [-0.2, 0) is 14.8 Å². The Morgan fingerprint density at radius 2 is 1.57 bits per heavy atom. The fourth-order valence-electron chi connectivity index (χ4n) is 3.23. The first-order valence-electron chi connectivity index (χ1n) is 10.7. The minimum Gasteiger partial charge on any atom is -0.490 e. The third kappa shape index (κ3) is 7.01. The van der Waals surface area contributed by atoms with Crippen LogP contribution in [0, 0.1) is 13.8 Å². The molecule has 0 fully saturated rings. The summed E-state index contributed by atoms with van der Waals surface area (Å²) in [6.45, 7) is 4.38. The Hall–Kier alpha value is -3.47. The molecule has 0 aliphatic heterocycles. The molecule has 35 heavy (non-hydrogen) atoms. The molecule has 0 spiro atoms. The topological polar surface area (TPSA) is 106 Å². The normalized spacial score (nSPS) is 10.9. The lowest BCUT2D eigenvalue weighted by molar-refractivity contribution is 0.0970. The summed E-state index contributed by atoms with van der Waals surface area (Å²) < 4.78 is 38.9. The molecule has 0 aliphatic carbocycles. The Morgan fingerprint density at radius 1 is 0.914 bits per heavy atom. The zero-order valence-electron chi connectivity index (χ0n) is 19.6. The first-order chi connectivity index (χ1) is 16.7. The van der Waals surface area contributed by atoms with Crippen molar-refractivity contribution in [2.24, 2.45) is 0 Å². The number of benzene rings is 3. The molecule has 3 aromatic rings. The maximum atomic E-state index is 12.8. The van der Waals surface area contributed by atoms with Gasteiger partial charge in [-0.25, -0.2) is 8.42 Å². The van der Waals surface area contributed by atoms with Gasteiger partial charge in [0.1, 0.15) is 12.4 Å². The van der Waals surface area contributed by atoms with Crippen molar-refractivity contribution in [1.82, 2.24) is 5.32 Å². The molecule has 184 valence electrons. The number of hydrogen-bond donors (Lipinski definition) is 3. The number of amides is 1. The summed E-state index contributed by atoms with van der Waals surface area (Å²) in [5, 5.41) is 5.55. The molecule has 0 unspecified atom stereocenters. The van der Waals surface area contributed by atoms with Crippen LogP contribution in [0.3, 0.4) is 0 Å². The number of sulfonamides is 1. The second kappa shape index (κ2) is 11.8. The van der Waals surface area contributed by atoms with Crippen LogP contribution in [0.2, 0.25) is 0 Å². The van der Waals surface area contributed by atoms with E-state index in [-0.39, 0.29) is 10.0 Å². The monoisotopic (exact) mass is 513 g/mol. The molecular weight excluding hydrogens is 486 g/mol. The summed E-state index contributed by atoms with van der Waals surface area (Å²) in [6.07, 6.45) is 0. The molecule has 8 nitrogen and oxygen atoms in total. The molecule has 0 aromatic heterocycles. The minimum atomic E-state index is -3.78. The fourth-order valence-corrected chi connectivity index (χ4v) is 4.65. The lowest BCUT2D eigenvalue weighted by atomic mass is 10.1. The maximum absolute atomic E-state index is 12.8. The van der Waals surface area contributed by atoms with Gasteiger partial charge in [-0.15, -0.1) is 0 Å². The number of para-hydroxylation sites is 2. The molecule has 0 radical (unpaired) electrons. The molecule has 0 saturated carbocycles. The average Bonchev–Trinajstić information content (AvgIpc) is 2.82. The van der Waals surface area contributed by atoms with Crippen LogP contribution in [-0.4, -0.2) is 39.8 Å². The highest BCUT2D eigenvalue weighted by Gasteiger charge is 2.17. The fraction of sp³-hybridized carbons (Fsp3) is 0.200. The van der Waals surface area contributed by atoms with E-state index in [0.717, 1.165) is 11.1 Å². The Bertz CT molecular complexity index is 1290. The van der Waals surface area contributed by atoms with Crippen molar-refractivity contribution in [3.8, 4) is 5.75 Å². The summed E-state index contributed by atoms with van der Waals surface area (Å²) in [6, 6.07) is 18.4. The Kier molecular flexibility index (Phi) is 8.80. The maximum Gasteiger partial charge on any atom is 0.261 e. The van der Waals surface area contributed by atoms with Crippen molar-refractivity contribution in [2.45, 2.75) is 18.7 Å². The molecule has 0 aliphatic rings. The average molecular weight is 514 g/mol. The van der Waals surface area contributed by atoms with Gasteiger partial charge in [-0.1, -0.05) is 30.3 Å². The van der Waals surface area contributed by atoms with Crippen molar-refractivity contribution in [2.75, 3.05) is 30.4 Å². The number of hydrogen-bond acceptors (Lipinski definition) is 6. The van der Waals surface area contributed by atoms with Crippen molar-refractivity contribution in [1.29, 1.82) is 0 Å². The van der Waals surface area contributed by atoms with E-state index in [1.165, 1.54) is 12.1 Å². The lowest BCUT2D eigenvalue weighted by Gasteiger charge is -2.14. The largest absolute Gasteiger partial charge is 0.490 e. The predicted octanol–water partition coefficient (Wildman–Crippen LogP) is 4.26. The van der Waals surface area contributed by atoms with Crippen LogP contribution in [0.5, 0.6) is 5.75 Å². The summed E-state index contributed by atoms with van der Waals surface area (Å²) in [5.41, 5.74) is 3.07. The van der Waals surface area contributed by atoms with Crippen LogP contribution in [0.25, 0.3) is 0 Å². The van der Waals surface area contributed by atoms with Gasteiger partial charge in [0.25, 0.3) is 15.9 Å². The molecule has 0 saturated heterocycles. The third-order valence-electron chi connectivity index (χ3n) is 5.04. The van der Waals surface area contributed by atoms with E-state index in [9.17, 15) is 13.2 Å². The molecule has 0 atom stereocenters. The third-order valence-corrected chi connectivity index (χ3v) is 6.61. The van der Waals surface area contributed by atoms with Gasteiger partial charge in [0.15, 0.2) is 5.11 Å². The van der Waals surface area contributed by atoms with Crippen molar-refractivity contribution >= 4 is 44.6 Å². The molecule has 3 rings (SSSR count). The number of rotatable bonds is 9. The van der Waals surface area contributed by atoms with Gasteiger partial charge < -0.3 is 14.8 Å². The van der Waals surface area contributed by atoms with E-state index >= 15 is 0 Å². The van der Waals surface area contributed by atoms with Crippen molar-refractivity contribution < 1.29 is 22.7 Å². The number of methoxy groups -OCH3 is 1. The number of nitrogens with one attached hydrogen (secondary N) is 3. The van der Waals surface area contributed by atoms with E-state index in [0.29, 0.717) is 35.9 Å². The standard InChI is InChI=1S/C25H27N3O5S2/c1-17-7-6-8-18(2)23(17)28-35(30,31)20-13-11-19(12-14-20)26-25(34)27-24(29)21-9-4-5-10-22(21)33-16-15-32-3/h4-14,28H,15-16H2,1-3H3,(H2,26,27,29,34). The van der Waals surface area contributed by atoms with Gasteiger partial charge in [0.2, 0.25) is 0 Å². The van der Waals surface area contributed by atoms with Gasteiger partial charge in [-0.2, -0.15) is 0 Å². The quantitative estimate of drug-likeness (QED) is 0.290. The number of ether oxygens (including phenoxy) is 2. The number of carbonyl (C=O) groups excluding carboxylic acids is 1. The van der Waals surface area contributed by atoms with E-state index in [1.807, 2.05) is 32.0 Å². The second-order valence-electron chi connectivity index (χ2n) is 7.64. The Labute approximate surface area is 210 Å². The van der Waals surface area contributed by atoms with Crippen LogP contribution in [0.4, 0.5) is 11.4 Å². The zero-order chi connectivity index (χ0) is 25.4. The highest BCUT2D eigenvalue weighted by Crippen LogP contribution is 2.24. The number of carbonyl (C=O) groups is 1. The molecule has 1 amide bonds. The summed E-state index contributed by atoms with van der Waals surface area (Å²) in [5.74, 6) is -0.0247. The Balaban J connectivity index is 1.64. The highest BCUT2D eigenvalue weighted by atomic mass is 32.2. The van der Waals surface area contributed by atoms with Gasteiger partial charge in [0.05, 0.1) is 22.8 Å². The molecule has 3 N–H and O–H groups in total. The van der Waals surface area contributed by atoms with E-state index in [1.54, 1.807) is 43.5 Å². The summed E-state index contributed by atoms with van der Waals surface area (Å²) in [4.78, 5) is 12.8. The number of anilines is 2. The smallest absolute Gasteiger partial charge is 0.261 e. The van der Waals surface area contributed by atoms with Gasteiger partial charge >= 0.3 is 0 Å². The second-order valence-corrected chi connectivity index (χ2v) is 9.73. The van der Waals surface area contributed by atoms with Crippen LogP contribution < -0.4 is 20.1 Å². The highest BCUT2D eigenvalue weighted by molar-refractivity contribution is 7.92. The van der Waals surface area contributed by atoms with Gasteiger partial charge in [0, 0.05) is 12.8 Å². The summed E-state index contributed by atoms with van der Waals surface area (Å²) >= 11 is 5.25. The molecular formula is C25H27N3O5S2. The van der Waals surface area contributed by atoms with Crippen LogP contribution >= 0.6 is 12.2 Å². The molecule has 0 heterocycles. The van der Waals surface area contributed by atoms with Crippen molar-refractivity contribution in [3.05, 3.63) is 83.4 Å². The number of thiocarbonyl (C=S) groups is 1. The van der Waals surface area contributed by atoms with Crippen molar-refractivity contribution in [3.63, 3.8) is 0 Å². The van der Waals surface area contributed by atoms with Gasteiger partial charge in [-0.05, 0) is 73.6 Å². The van der Waals surface area contributed by atoms with E-state index in [2.05, 4.69) is 15.4 Å². The molecule has 10 heteroatoms. The Morgan fingerprint density at radius 3 is 2.23 bits per heavy atom. The van der Waals surface area contributed by atoms with Crippen LogP contribution in [0.1, 0.15) is 21.5 Å². The van der Waals surface area contributed by atoms with E-state index < -0.39 is 15.9 Å². The van der Waals surface area contributed by atoms with Crippen LogP contribution in [0.15, 0.2) is 71.6 Å². The minimum absolute atomic E-state index is 0.0611. The molecule has 3 aromatic carbocycles. The SMILES string of the molecule is COCCOc1ccccc1C(=O)NC(=S)Nc1ccc(S(=O)(=O)Nc2c(C)cccc2C)cc1. The van der Waals surface area contributed by atoms with Gasteiger partial charge in [-0.3, -0.25) is 14.8 Å². The zero-order valence-corrected chi connectivity index (χ0v) is 21.3. The number of aryl methyl sites for hydroxylation is 2. The van der Waals surface area contributed by atoms with E-state index in [4.69, 9.17) is 21.7 Å². The summed E-state index contributed by atoms with van der Waals surface area (Å²) in [7, 11) is -2.21. The first-order valence-corrected chi connectivity index (χ1v) is 12.6. The lowest BCUT2D eigenvalue weighted by Crippen LogP contribution is -2.34.